The summed E-state index contributed by atoms with van der Waals surface area (Å²) in [6.45, 7) is 6.23. The van der Waals surface area contributed by atoms with Crippen molar-refractivity contribution in [1.29, 1.82) is 0 Å². The summed E-state index contributed by atoms with van der Waals surface area (Å²) in [5.41, 5.74) is 0.585. The van der Waals surface area contributed by atoms with Gasteiger partial charge in [0.05, 0.1) is 27.8 Å². The Morgan fingerprint density at radius 1 is 1.50 bits per heavy atom. The SMILES string of the molecule is CC(C)COC1=C([C@H](C)O)C=NS(C)(=O)=C1. The van der Waals surface area contributed by atoms with E-state index in [2.05, 4.69) is 4.40 Å². The Hall–Kier alpha value is -0.810. The molecule has 0 aromatic carbocycles. The number of hydrogen-bond donors (Lipinski definition) is 1. The Morgan fingerprint density at radius 2 is 2.12 bits per heavy atom. The average molecular weight is 245 g/mol. The molecule has 0 bridgehead atoms. The van der Waals surface area contributed by atoms with Gasteiger partial charge in [-0.15, -0.1) is 0 Å². The fourth-order valence-electron chi connectivity index (χ4n) is 1.21. The van der Waals surface area contributed by atoms with Crippen molar-refractivity contribution in [3.63, 3.8) is 0 Å². The summed E-state index contributed by atoms with van der Waals surface area (Å²) >= 11 is 0. The van der Waals surface area contributed by atoms with E-state index in [0.29, 0.717) is 23.9 Å². The molecule has 1 N–H and O–H groups in total. The molecule has 16 heavy (non-hydrogen) atoms. The molecule has 92 valence electrons. The van der Waals surface area contributed by atoms with E-state index in [1.165, 1.54) is 11.6 Å². The molecular formula is C11H19NO3S. The number of aliphatic hydroxyl groups is 1. The highest BCUT2D eigenvalue weighted by molar-refractivity contribution is 7.99. The summed E-state index contributed by atoms with van der Waals surface area (Å²) in [5.74, 6) is 0.870. The van der Waals surface area contributed by atoms with E-state index in [1.54, 1.807) is 13.2 Å². The predicted octanol–water partition coefficient (Wildman–Crippen LogP) is 1.01. The molecule has 0 amide bonds. The molecule has 2 atom stereocenters. The lowest BCUT2D eigenvalue weighted by Gasteiger charge is -2.18. The molecule has 1 heterocycles. The van der Waals surface area contributed by atoms with Crippen LogP contribution in [0.2, 0.25) is 0 Å². The van der Waals surface area contributed by atoms with Crippen molar-refractivity contribution < 1.29 is 14.1 Å². The highest BCUT2D eigenvalue weighted by Gasteiger charge is 2.16. The summed E-state index contributed by atoms with van der Waals surface area (Å²) in [5, 5.41) is 11.0. The molecule has 0 saturated heterocycles. The van der Waals surface area contributed by atoms with Gasteiger partial charge in [-0.1, -0.05) is 13.8 Å². The van der Waals surface area contributed by atoms with Crippen LogP contribution >= 0.6 is 0 Å². The first kappa shape index (κ1) is 13.3. The molecule has 0 aromatic rings. The van der Waals surface area contributed by atoms with Gasteiger partial charge >= 0.3 is 0 Å². The minimum atomic E-state index is -2.35. The standard InChI is InChI=1S/C11H19NO3S/c1-8(2)6-15-11-7-16(4,14)12-5-10(11)9(3)13/h5,7-9,13H,6H2,1-4H3/t9-,16?/m0/s1. The predicted molar refractivity (Wildman–Crippen MR) is 68.1 cm³/mol. The zero-order chi connectivity index (χ0) is 12.3. The average Bonchev–Trinajstić information content (AvgIpc) is 2.12. The summed E-state index contributed by atoms with van der Waals surface area (Å²) in [7, 11) is -2.35. The maximum atomic E-state index is 11.8. The zero-order valence-electron chi connectivity index (χ0n) is 10.1. The molecule has 0 saturated carbocycles. The minimum absolute atomic E-state index is 0.378. The van der Waals surface area contributed by atoms with E-state index in [-0.39, 0.29) is 0 Å². The third kappa shape index (κ3) is 3.64. The molecule has 1 aliphatic heterocycles. The largest absolute Gasteiger partial charge is 0.492 e. The van der Waals surface area contributed by atoms with Crippen molar-refractivity contribution in [3.05, 3.63) is 11.3 Å². The number of nitrogens with zero attached hydrogens (tertiary/aromatic N) is 1. The normalized spacial score (nSPS) is 26.9. The fraction of sp³-hybridized carbons (Fsp3) is 0.636. The monoisotopic (exact) mass is 245 g/mol. The molecular weight excluding hydrogens is 226 g/mol. The Balaban J connectivity index is 3.01. The van der Waals surface area contributed by atoms with Gasteiger partial charge in [-0.3, -0.25) is 0 Å². The van der Waals surface area contributed by atoms with E-state index in [4.69, 9.17) is 4.74 Å². The van der Waals surface area contributed by atoms with Crippen molar-refractivity contribution in [2.24, 2.45) is 10.3 Å². The second-order valence-electron chi connectivity index (χ2n) is 4.41. The highest BCUT2D eigenvalue weighted by atomic mass is 32.2. The van der Waals surface area contributed by atoms with E-state index in [0.717, 1.165) is 0 Å². The van der Waals surface area contributed by atoms with Gasteiger partial charge in [0.2, 0.25) is 0 Å². The first-order valence-corrected chi connectivity index (χ1v) is 7.25. The molecule has 4 nitrogen and oxygen atoms in total. The van der Waals surface area contributed by atoms with Gasteiger partial charge in [0, 0.05) is 18.0 Å². The number of rotatable bonds is 4. The third-order valence-electron chi connectivity index (χ3n) is 2.03. The van der Waals surface area contributed by atoms with Crippen LogP contribution in [0.25, 0.3) is 0 Å². The number of allylic oxidation sites excluding steroid dienone is 1. The van der Waals surface area contributed by atoms with Crippen LogP contribution in [0.4, 0.5) is 0 Å². The van der Waals surface area contributed by atoms with Gasteiger partial charge in [0.25, 0.3) is 0 Å². The van der Waals surface area contributed by atoms with E-state index >= 15 is 0 Å². The Bertz CT molecular complexity index is 427. The first-order chi connectivity index (χ1) is 7.32. The zero-order valence-corrected chi connectivity index (χ0v) is 11.0. The lowest BCUT2D eigenvalue weighted by atomic mass is 10.1. The van der Waals surface area contributed by atoms with E-state index < -0.39 is 15.8 Å². The Labute approximate surface area is 97.2 Å². The van der Waals surface area contributed by atoms with Gasteiger partial charge in [0.15, 0.2) is 0 Å². The van der Waals surface area contributed by atoms with Crippen LogP contribution in [-0.4, -0.2) is 39.9 Å². The molecule has 0 spiro atoms. The Morgan fingerprint density at radius 3 is 2.62 bits per heavy atom. The van der Waals surface area contributed by atoms with Gasteiger partial charge in [-0.05, 0) is 12.8 Å². The number of aliphatic hydroxyl groups excluding tert-OH is 1. The van der Waals surface area contributed by atoms with Gasteiger partial charge in [0.1, 0.15) is 5.76 Å². The first-order valence-electron chi connectivity index (χ1n) is 5.26. The molecule has 5 heteroatoms. The molecule has 0 radical (unpaired) electrons. The van der Waals surface area contributed by atoms with Gasteiger partial charge in [-0.2, -0.15) is 0 Å². The topological polar surface area (TPSA) is 58.9 Å². The highest BCUT2D eigenvalue weighted by Crippen LogP contribution is 2.14. The van der Waals surface area contributed by atoms with Crippen LogP contribution in [0.3, 0.4) is 0 Å². The van der Waals surface area contributed by atoms with Crippen LogP contribution in [0.5, 0.6) is 0 Å². The Kier molecular flexibility index (Phi) is 4.15. The smallest absolute Gasteiger partial charge is 0.136 e. The fourth-order valence-corrected chi connectivity index (χ4v) is 2.19. The number of hydrogen-bond acceptors (Lipinski definition) is 3. The number of ether oxygens (including phenoxy) is 1. The maximum absolute atomic E-state index is 11.8. The molecule has 1 rings (SSSR count). The molecule has 1 unspecified atom stereocenters. The van der Waals surface area contributed by atoms with Crippen LogP contribution < -0.4 is 0 Å². The van der Waals surface area contributed by atoms with Gasteiger partial charge in [-0.25, -0.2) is 8.61 Å². The van der Waals surface area contributed by atoms with Crippen molar-refractivity contribution in [1.82, 2.24) is 0 Å². The van der Waals surface area contributed by atoms with Crippen molar-refractivity contribution >= 4 is 21.3 Å². The van der Waals surface area contributed by atoms with Crippen molar-refractivity contribution in [2.45, 2.75) is 26.9 Å². The molecule has 1 aliphatic rings. The summed E-state index contributed by atoms with van der Waals surface area (Å²) in [6, 6.07) is 0. The van der Waals surface area contributed by atoms with E-state index in [1.807, 2.05) is 13.8 Å². The lowest BCUT2D eigenvalue weighted by molar-refractivity contribution is 0.182. The van der Waals surface area contributed by atoms with Crippen molar-refractivity contribution in [3.8, 4) is 0 Å². The third-order valence-corrected chi connectivity index (χ3v) is 3.21. The van der Waals surface area contributed by atoms with Gasteiger partial charge < -0.3 is 9.84 Å². The molecule has 0 aliphatic carbocycles. The van der Waals surface area contributed by atoms with Crippen molar-refractivity contribution in [2.75, 3.05) is 12.9 Å². The van der Waals surface area contributed by atoms with Crippen LogP contribution in [-0.2, 0) is 14.4 Å². The summed E-state index contributed by atoms with van der Waals surface area (Å²) in [6.07, 6.45) is 2.32. The minimum Gasteiger partial charge on any atom is -0.492 e. The second-order valence-corrected chi connectivity index (χ2v) is 6.58. The summed E-state index contributed by atoms with van der Waals surface area (Å²) < 4.78 is 21.2. The summed E-state index contributed by atoms with van der Waals surface area (Å²) in [4.78, 5) is 0. The quantitative estimate of drug-likeness (QED) is 0.752. The lowest BCUT2D eigenvalue weighted by Crippen LogP contribution is -2.19. The van der Waals surface area contributed by atoms with Crippen LogP contribution in [0.15, 0.2) is 15.7 Å². The van der Waals surface area contributed by atoms with Crippen LogP contribution in [0.1, 0.15) is 20.8 Å². The molecule has 0 fully saturated rings. The molecule has 0 aromatic heterocycles. The maximum Gasteiger partial charge on any atom is 0.136 e. The second kappa shape index (κ2) is 5.01. The van der Waals surface area contributed by atoms with Crippen LogP contribution in [0, 0.1) is 5.92 Å². The van der Waals surface area contributed by atoms with E-state index in [9.17, 15) is 9.32 Å².